The number of ether oxygens (including phenoxy) is 2. The molecule has 0 saturated carbocycles. The van der Waals surface area contributed by atoms with Crippen LogP contribution in [0.2, 0.25) is 0 Å². The Bertz CT molecular complexity index is 757. The second-order valence-electron chi connectivity index (χ2n) is 6.37. The van der Waals surface area contributed by atoms with Gasteiger partial charge in [-0.3, -0.25) is 0 Å². The van der Waals surface area contributed by atoms with E-state index < -0.39 is 11.9 Å². The number of hydrogen-bond acceptors (Lipinski definition) is 6. The maximum atomic E-state index is 11.4. The highest BCUT2D eigenvalue weighted by Crippen LogP contribution is 2.17. The Balaban J connectivity index is 0.000000291. The normalized spacial score (nSPS) is 9.86. The molecule has 0 bridgehead atoms. The molecule has 0 radical (unpaired) electrons. The summed E-state index contributed by atoms with van der Waals surface area (Å²) in [5.41, 5.74) is 0.456. The maximum absolute atomic E-state index is 11.4. The fourth-order valence-corrected chi connectivity index (χ4v) is 2.27. The van der Waals surface area contributed by atoms with Crippen LogP contribution in [-0.2, 0) is 9.47 Å². The molecule has 0 spiro atoms. The Morgan fingerprint density at radius 3 is 1.52 bits per heavy atom. The standard InChI is InChI=1S/C12H16O3.C11H14O3/c1-2-3-6-9-15-12(14)10-7-4-5-8-11(10)13;1-2-3-8-14-11(13)9-6-4-5-7-10(9)12/h4-5,7-8,13H,2-3,6,9H2,1H3;4-7,12H,2-3,8H2,1H3. The van der Waals surface area contributed by atoms with E-state index in [1.807, 2.05) is 6.92 Å². The molecule has 0 amide bonds. The van der Waals surface area contributed by atoms with Crippen molar-refractivity contribution < 1.29 is 29.3 Å². The minimum absolute atomic E-state index is 0.0296. The van der Waals surface area contributed by atoms with Gasteiger partial charge in [-0.25, -0.2) is 9.59 Å². The average Bonchev–Trinajstić information content (AvgIpc) is 2.72. The van der Waals surface area contributed by atoms with Crippen molar-refractivity contribution in [2.24, 2.45) is 0 Å². The zero-order valence-corrected chi connectivity index (χ0v) is 17.1. The van der Waals surface area contributed by atoms with Crippen LogP contribution in [0.5, 0.6) is 11.5 Å². The quantitative estimate of drug-likeness (QED) is 0.448. The average molecular weight is 402 g/mol. The number of carbonyl (C=O) groups excluding carboxylic acids is 2. The fourth-order valence-electron chi connectivity index (χ4n) is 2.27. The molecular formula is C23H30O6. The molecule has 0 aliphatic heterocycles. The summed E-state index contributed by atoms with van der Waals surface area (Å²) in [5.74, 6) is -0.979. The first kappa shape index (κ1) is 24.0. The molecule has 6 nitrogen and oxygen atoms in total. The minimum Gasteiger partial charge on any atom is -0.507 e. The second-order valence-corrected chi connectivity index (χ2v) is 6.37. The number of phenolic OH excluding ortho intramolecular Hbond substituents is 2. The van der Waals surface area contributed by atoms with Gasteiger partial charge >= 0.3 is 11.9 Å². The number of para-hydroxylation sites is 2. The third-order valence-electron chi connectivity index (χ3n) is 3.96. The van der Waals surface area contributed by atoms with Gasteiger partial charge in [0.1, 0.15) is 22.6 Å². The second kappa shape index (κ2) is 14.0. The smallest absolute Gasteiger partial charge is 0.341 e. The number of hydrogen-bond donors (Lipinski definition) is 2. The van der Waals surface area contributed by atoms with Crippen LogP contribution in [-0.4, -0.2) is 35.4 Å². The van der Waals surface area contributed by atoms with Crippen molar-refractivity contribution in [1.29, 1.82) is 0 Å². The van der Waals surface area contributed by atoms with E-state index in [-0.39, 0.29) is 22.6 Å². The first-order chi connectivity index (χ1) is 14.0. The molecule has 0 aliphatic carbocycles. The monoisotopic (exact) mass is 402 g/mol. The number of aromatic hydroxyl groups is 2. The lowest BCUT2D eigenvalue weighted by Crippen LogP contribution is -2.06. The van der Waals surface area contributed by atoms with Gasteiger partial charge in [0.25, 0.3) is 0 Å². The third kappa shape index (κ3) is 9.14. The third-order valence-corrected chi connectivity index (χ3v) is 3.96. The highest BCUT2D eigenvalue weighted by molar-refractivity contribution is 5.92. The summed E-state index contributed by atoms with van der Waals surface area (Å²) < 4.78 is 9.96. The molecule has 0 atom stereocenters. The first-order valence-electron chi connectivity index (χ1n) is 9.91. The highest BCUT2D eigenvalue weighted by Gasteiger charge is 2.11. The molecule has 29 heavy (non-hydrogen) atoms. The predicted molar refractivity (Wildman–Crippen MR) is 111 cm³/mol. The predicted octanol–water partition coefficient (Wildman–Crippen LogP) is 5.09. The van der Waals surface area contributed by atoms with Crippen LogP contribution in [0.25, 0.3) is 0 Å². The van der Waals surface area contributed by atoms with E-state index >= 15 is 0 Å². The summed E-state index contributed by atoms with van der Waals surface area (Å²) in [7, 11) is 0. The van der Waals surface area contributed by atoms with Crippen molar-refractivity contribution in [3.8, 4) is 11.5 Å². The molecule has 158 valence electrons. The molecule has 0 fully saturated rings. The Morgan fingerprint density at radius 2 is 1.10 bits per heavy atom. The Hall–Kier alpha value is -3.02. The van der Waals surface area contributed by atoms with Crippen molar-refractivity contribution in [1.82, 2.24) is 0 Å². The largest absolute Gasteiger partial charge is 0.507 e. The van der Waals surface area contributed by atoms with E-state index in [0.717, 1.165) is 32.1 Å². The van der Waals surface area contributed by atoms with Crippen molar-refractivity contribution in [2.75, 3.05) is 13.2 Å². The number of unbranched alkanes of at least 4 members (excludes halogenated alkanes) is 3. The van der Waals surface area contributed by atoms with Crippen LogP contribution in [0.3, 0.4) is 0 Å². The van der Waals surface area contributed by atoms with Gasteiger partial charge in [0.15, 0.2) is 0 Å². The summed E-state index contributed by atoms with van der Waals surface area (Å²) >= 11 is 0. The SMILES string of the molecule is CCCCCOC(=O)c1ccccc1O.CCCCOC(=O)c1ccccc1O. The topological polar surface area (TPSA) is 93.1 Å². The van der Waals surface area contributed by atoms with Crippen molar-refractivity contribution in [3.05, 3.63) is 59.7 Å². The molecule has 2 rings (SSSR count). The van der Waals surface area contributed by atoms with Gasteiger partial charge in [0.2, 0.25) is 0 Å². The van der Waals surface area contributed by atoms with E-state index in [2.05, 4.69) is 6.92 Å². The van der Waals surface area contributed by atoms with Crippen molar-refractivity contribution in [2.45, 2.75) is 46.0 Å². The molecule has 2 aromatic carbocycles. The van der Waals surface area contributed by atoms with Crippen LogP contribution in [0.1, 0.15) is 66.7 Å². The summed E-state index contributed by atoms with van der Waals surface area (Å²) in [6.07, 6.45) is 4.84. The van der Waals surface area contributed by atoms with Crippen LogP contribution in [0.15, 0.2) is 48.5 Å². The van der Waals surface area contributed by atoms with Crippen molar-refractivity contribution >= 4 is 11.9 Å². The zero-order chi connectivity index (χ0) is 21.5. The summed E-state index contributed by atoms with van der Waals surface area (Å²) in [5, 5.41) is 18.7. The Labute approximate surface area is 172 Å². The number of esters is 2. The van der Waals surface area contributed by atoms with E-state index in [1.165, 1.54) is 12.1 Å². The molecule has 2 aromatic rings. The number of carbonyl (C=O) groups is 2. The van der Waals surface area contributed by atoms with Gasteiger partial charge in [-0.1, -0.05) is 57.4 Å². The summed E-state index contributed by atoms with van der Waals surface area (Å²) in [6, 6.07) is 12.8. The van der Waals surface area contributed by atoms with Crippen LogP contribution < -0.4 is 0 Å². The fraction of sp³-hybridized carbons (Fsp3) is 0.391. The molecule has 0 aromatic heterocycles. The molecule has 0 aliphatic rings. The molecule has 0 saturated heterocycles. The van der Waals surface area contributed by atoms with Crippen LogP contribution in [0, 0.1) is 0 Å². The molecular weight excluding hydrogens is 372 g/mol. The molecule has 0 unspecified atom stereocenters. The number of benzene rings is 2. The van der Waals surface area contributed by atoms with E-state index in [4.69, 9.17) is 9.47 Å². The van der Waals surface area contributed by atoms with Gasteiger partial charge < -0.3 is 19.7 Å². The Kier molecular flexibility index (Phi) is 11.6. The van der Waals surface area contributed by atoms with Crippen LogP contribution >= 0.6 is 0 Å². The van der Waals surface area contributed by atoms with E-state index in [0.29, 0.717) is 13.2 Å². The van der Waals surface area contributed by atoms with Gasteiger partial charge in [-0.15, -0.1) is 0 Å². The first-order valence-corrected chi connectivity index (χ1v) is 9.91. The lowest BCUT2D eigenvalue weighted by molar-refractivity contribution is 0.0486. The number of rotatable bonds is 9. The van der Waals surface area contributed by atoms with E-state index in [9.17, 15) is 19.8 Å². The van der Waals surface area contributed by atoms with Gasteiger partial charge in [0, 0.05) is 0 Å². The molecule has 6 heteroatoms. The maximum Gasteiger partial charge on any atom is 0.341 e. The Morgan fingerprint density at radius 1 is 0.690 bits per heavy atom. The highest BCUT2D eigenvalue weighted by atomic mass is 16.5. The molecule has 2 N–H and O–H groups in total. The number of phenols is 2. The summed E-state index contributed by atoms with van der Waals surface area (Å²) in [4.78, 5) is 22.8. The summed E-state index contributed by atoms with van der Waals surface area (Å²) in [6.45, 7) is 4.93. The van der Waals surface area contributed by atoms with Gasteiger partial charge in [0.05, 0.1) is 13.2 Å². The lowest BCUT2D eigenvalue weighted by Gasteiger charge is -2.05. The molecule has 0 heterocycles. The van der Waals surface area contributed by atoms with Gasteiger partial charge in [-0.05, 0) is 37.1 Å². The van der Waals surface area contributed by atoms with Crippen molar-refractivity contribution in [3.63, 3.8) is 0 Å². The minimum atomic E-state index is -0.462. The van der Waals surface area contributed by atoms with E-state index in [1.54, 1.807) is 36.4 Å². The van der Waals surface area contributed by atoms with Gasteiger partial charge in [-0.2, -0.15) is 0 Å². The lowest BCUT2D eigenvalue weighted by atomic mass is 10.2. The van der Waals surface area contributed by atoms with Crippen LogP contribution in [0.4, 0.5) is 0 Å². The zero-order valence-electron chi connectivity index (χ0n) is 17.1.